The Morgan fingerprint density at radius 3 is 2.35 bits per heavy atom. The van der Waals surface area contributed by atoms with Gasteiger partial charge in [-0.15, -0.1) is 11.8 Å². The van der Waals surface area contributed by atoms with Crippen molar-refractivity contribution in [3.63, 3.8) is 0 Å². The molecule has 0 aliphatic rings. The number of aliphatic hydroxyl groups is 2. The summed E-state index contributed by atoms with van der Waals surface area (Å²) < 4.78 is 0. The fourth-order valence-electron chi connectivity index (χ4n) is 1.70. The summed E-state index contributed by atoms with van der Waals surface area (Å²) in [4.78, 5) is 13.0. The van der Waals surface area contributed by atoms with Crippen LogP contribution in [0.4, 0.5) is 0 Å². The molecule has 0 aliphatic heterocycles. The number of thioether (sulfide) groups is 1. The highest BCUT2D eigenvalue weighted by molar-refractivity contribution is 7.99. The number of amides is 1. The van der Waals surface area contributed by atoms with Gasteiger partial charge in [0, 0.05) is 17.1 Å². The Hall–Kier alpha value is -1.04. The second-order valence-corrected chi connectivity index (χ2v) is 6.08. The van der Waals surface area contributed by atoms with E-state index in [1.54, 1.807) is 11.8 Å². The van der Waals surface area contributed by atoms with Gasteiger partial charge in [-0.05, 0) is 25.5 Å². The number of hydrogen-bond acceptors (Lipinski definition) is 4. The van der Waals surface area contributed by atoms with Crippen LogP contribution in [0.2, 0.25) is 0 Å². The van der Waals surface area contributed by atoms with Crippen LogP contribution in [-0.4, -0.2) is 40.6 Å². The van der Waals surface area contributed by atoms with Gasteiger partial charge >= 0.3 is 0 Å². The Morgan fingerprint density at radius 2 is 1.85 bits per heavy atom. The van der Waals surface area contributed by atoms with E-state index < -0.39 is 5.54 Å². The molecule has 4 nitrogen and oxygen atoms in total. The standard InChI is InChI=1S/C15H23NO3S/c1-3-15(10-17,11-18)16-14(19)8-9-20-13-6-4-12(2)5-7-13/h4-7,17-18H,3,8-11H2,1-2H3,(H,16,19). The predicted octanol–water partition coefficient (Wildman–Crippen LogP) is 1.73. The molecule has 0 aliphatic carbocycles. The normalized spacial score (nSPS) is 11.4. The van der Waals surface area contributed by atoms with E-state index in [4.69, 9.17) is 0 Å². The molecule has 1 amide bonds. The van der Waals surface area contributed by atoms with E-state index in [9.17, 15) is 15.0 Å². The maximum absolute atomic E-state index is 11.8. The number of aryl methyl sites for hydroxylation is 1. The molecule has 0 atom stereocenters. The van der Waals surface area contributed by atoms with E-state index in [0.717, 1.165) is 4.90 Å². The zero-order valence-electron chi connectivity index (χ0n) is 12.1. The van der Waals surface area contributed by atoms with Gasteiger partial charge in [0.15, 0.2) is 0 Å². The van der Waals surface area contributed by atoms with Crippen molar-refractivity contribution >= 4 is 17.7 Å². The Kier molecular flexibility index (Phi) is 7.05. The second kappa shape index (κ2) is 8.29. The fraction of sp³-hybridized carbons (Fsp3) is 0.533. The number of carbonyl (C=O) groups excluding carboxylic acids is 1. The summed E-state index contributed by atoms with van der Waals surface area (Å²) in [5.74, 6) is 0.528. The minimum atomic E-state index is -0.897. The molecule has 0 saturated heterocycles. The molecule has 0 saturated carbocycles. The molecule has 5 heteroatoms. The van der Waals surface area contributed by atoms with Crippen LogP contribution < -0.4 is 5.32 Å². The Morgan fingerprint density at radius 1 is 1.25 bits per heavy atom. The number of benzene rings is 1. The first-order chi connectivity index (χ1) is 9.55. The zero-order chi connectivity index (χ0) is 15.0. The van der Waals surface area contributed by atoms with Crippen molar-refractivity contribution in [2.45, 2.75) is 37.1 Å². The van der Waals surface area contributed by atoms with E-state index in [2.05, 4.69) is 5.32 Å². The van der Waals surface area contributed by atoms with Crippen molar-refractivity contribution in [1.29, 1.82) is 0 Å². The molecule has 1 aromatic carbocycles. The first kappa shape index (κ1) is 17.0. The van der Waals surface area contributed by atoms with Crippen LogP contribution in [0.15, 0.2) is 29.2 Å². The van der Waals surface area contributed by atoms with Crippen LogP contribution in [0, 0.1) is 6.92 Å². The Balaban J connectivity index is 2.38. The molecule has 0 fully saturated rings. The van der Waals surface area contributed by atoms with Crippen LogP contribution in [-0.2, 0) is 4.79 Å². The van der Waals surface area contributed by atoms with Crippen molar-refractivity contribution in [2.24, 2.45) is 0 Å². The van der Waals surface area contributed by atoms with E-state index in [0.29, 0.717) is 18.6 Å². The average Bonchev–Trinajstić information content (AvgIpc) is 2.47. The summed E-state index contributed by atoms with van der Waals surface area (Å²) in [6.45, 7) is 3.36. The van der Waals surface area contributed by atoms with Gasteiger partial charge in [-0.2, -0.15) is 0 Å². The second-order valence-electron chi connectivity index (χ2n) is 4.91. The fourth-order valence-corrected chi connectivity index (χ4v) is 2.55. The van der Waals surface area contributed by atoms with Crippen LogP contribution >= 0.6 is 11.8 Å². The smallest absolute Gasteiger partial charge is 0.221 e. The number of nitrogens with one attached hydrogen (secondary N) is 1. The van der Waals surface area contributed by atoms with Crippen molar-refractivity contribution in [3.8, 4) is 0 Å². The van der Waals surface area contributed by atoms with E-state index in [1.165, 1.54) is 5.56 Å². The molecule has 1 rings (SSSR count). The lowest BCUT2D eigenvalue weighted by atomic mass is 9.98. The molecule has 3 N–H and O–H groups in total. The van der Waals surface area contributed by atoms with Crippen molar-refractivity contribution in [1.82, 2.24) is 5.32 Å². The molecule has 20 heavy (non-hydrogen) atoms. The lowest BCUT2D eigenvalue weighted by Gasteiger charge is -2.29. The van der Waals surface area contributed by atoms with Gasteiger partial charge in [-0.3, -0.25) is 4.79 Å². The van der Waals surface area contributed by atoms with Gasteiger partial charge in [0.05, 0.1) is 18.8 Å². The minimum absolute atomic E-state index is 0.144. The summed E-state index contributed by atoms with van der Waals surface area (Å²) >= 11 is 1.62. The summed E-state index contributed by atoms with van der Waals surface area (Å²) in [6.07, 6.45) is 0.858. The van der Waals surface area contributed by atoms with Crippen LogP contribution in [0.1, 0.15) is 25.3 Å². The molecule has 0 radical (unpaired) electrons. The highest BCUT2D eigenvalue weighted by atomic mass is 32.2. The molecule has 0 bridgehead atoms. The monoisotopic (exact) mass is 297 g/mol. The largest absolute Gasteiger partial charge is 0.394 e. The molecule has 0 heterocycles. The van der Waals surface area contributed by atoms with E-state index in [1.807, 2.05) is 38.1 Å². The van der Waals surface area contributed by atoms with Crippen LogP contribution in [0.25, 0.3) is 0 Å². The van der Waals surface area contributed by atoms with Crippen LogP contribution in [0.3, 0.4) is 0 Å². The van der Waals surface area contributed by atoms with Gasteiger partial charge in [-0.25, -0.2) is 0 Å². The topological polar surface area (TPSA) is 69.6 Å². The molecular formula is C15H23NO3S. The van der Waals surface area contributed by atoms with Crippen molar-refractivity contribution in [3.05, 3.63) is 29.8 Å². The van der Waals surface area contributed by atoms with Gasteiger partial charge in [0.2, 0.25) is 5.91 Å². The molecular weight excluding hydrogens is 274 g/mol. The summed E-state index contributed by atoms with van der Waals surface area (Å²) in [5.41, 5.74) is 0.316. The Labute approximate surface area is 124 Å². The van der Waals surface area contributed by atoms with Crippen molar-refractivity contribution in [2.75, 3.05) is 19.0 Å². The van der Waals surface area contributed by atoms with E-state index >= 15 is 0 Å². The number of carbonyl (C=O) groups is 1. The third-order valence-electron chi connectivity index (χ3n) is 3.31. The summed E-state index contributed by atoms with van der Waals surface area (Å²) in [7, 11) is 0. The van der Waals surface area contributed by atoms with Gasteiger partial charge < -0.3 is 15.5 Å². The first-order valence-corrected chi connectivity index (χ1v) is 7.76. The first-order valence-electron chi connectivity index (χ1n) is 6.77. The van der Waals surface area contributed by atoms with Gasteiger partial charge in [-0.1, -0.05) is 24.6 Å². The van der Waals surface area contributed by atoms with Gasteiger partial charge in [0.1, 0.15) is 0 Å². The van der Waals surface area contributed by atoms with Gasteiger partial charge in [0.25, 0.3) is 0 Å². The minimum Gasteiger partial charge on any atom is -0.394 e. The molecule has 0 aromatic heterocycles. The number of aliphatic hydroxyl groups excluding tert-OH is 2. The SMILES string of the molecule is CCC(CO)(CO)NC(=O)CCSc1ccc(C)cc1. The lowest BCUT2D eigenvalue weighted by Crippen LogP contribution is -2.53. The number of hydrogen-bond donors (Lipinski definition) is 3. The average molecular weight is 297 g/mol. The van der Waals surface area contributed by atoms with E-state index in [-0.39, 0.29) is 19.1 Å². The third kappa shape index (κ3) is 5.15. The predicted molar refractivity (Wildman–Crippen MR) is 81.9 cm³/mol. The Bertz CT molecular complexity index is 407. The molecule has 1 aromatic rings. The summed E-state index contributed by atoms with van der Waals surface area (Å²) in [6, 6.07) is 8.16. The molecule has 0 unspecified atom stereocenters. The quantitative estimate of drug-likeness (QED) is 0.639. The summed E-state index contributed by atoms with van der Waals surface area (Å²) in [5, 5.41) is 21.3. The zero-order valence-corrected chi connectivity index (χ0v) is 12.9. The third-order valence-corrected chi connectivity index (χ3v) is 4.32. The molecule has 0 spiro atoms. The molecule has 112 valence electrons. The number of rotatable bonds is 8. The highest BCUT2D eigenvalue weighted by Gasteiger charge is 2.28. The van der Waals surface area contributed by atoms with Crippen molar-refractivity contribution < 1.29 is 15.0 Å². The van der Waals surface area contributed by atoms with Crippen LogP contribution in [0.5, 0.6) is 0 Å². The maximum Gasteiger partial charge on any atom is 0.221 e. The lowest BCUT2D eigenvalue weighted by molar-refractivity contribution is -0.124. The maximum atomic E-state index is 11.8. The highest BCUT2D eigenvalue weighted by Crippen LogP contribution is 2.19.